The molecular formula is C18H30O2. The summed E-state index contributed by atoms with van der Waals surface area (Å²) in [6.07, 6.45) is 11.0. The van der Waals surface area contributed by atoms with Crippen molar-refractivity contribution in [3.8, 4) is 0 Å². The highest BCUT2D eigenvalue weighted by Gasteiger charge is 2.46. The van der Waals surface area contributed by atoms with E-state index >= 15 is 0 Å². The minimum Gasteiger partial charge on any atom is -0.367 e. The van der Waals surface area contributed by atoms with Gasteiger partial charge in [0.15, 0.2) is 0 Å². The van der Waals surface area contributed by atoms with E-state index in [1.807, 2.05) is 0 Å². The molecule has 1 fully saturated rings. The summed E-state index contributed by atoms with van der Waals surface area (Å²) in [6, 6.07) is 0. The molecule has 2 heteroatoms. The molecule has 0 aromatic carbocycles. The molecule has 0 aliphatic carbocycles. The Balaban J connectivity index is 2.14. The largest absolute Gasteiger partial charge is 0.367 e. The molecule has 0 radical (unpaired) electrons. The van der Waals surface area contributed by atoms with Crippen molar-refractivity contribution in [3.63, 3.8) is 0 Å². The van der Waals surface area contributed by atoms with Gasteiger partial charge in [-0.2, -0.15) is 0 Å². The Morgan fingerprint density at radius 2 is 1.50 bits per heavy atom. The van der Waals surface area contributed by atoms with Gasteiger partial charge in [0.25, 0.3) is 0 Å². The zero-order valence-corrected chi connectivity index (χ0v) is 13.8. The topological polar surface area (TPSA) is 29.6 Å². The van der Waals surface area contributed by atoms with Gasteiger partial charge < -0.3 is 9.53 Å². The molecule has 0 bridgehead atoms. The number of ether oxygens (including phenoxy) is 1. The Kier molecular flexibility index (Phi) is 6.67. The minimum atomic E-state index is 0.121. The number of epoxide rings is 1. The number of carbonyl (C=O) groups is 1. The van der Waals surface area contributed by atoms with Crippen molar-refractivity contribution >= 4 is 5.78 Å². The molecule has 1 aliphatic rings. The molecule has 114 valence electrons. The predicted molar refractivity (Wildman–Crippen MR) is 84.8 cm³/mol. The van der Waals surface area contributed by atoms with E-state index in [4.69, 9.17) is 4.74 Å². The summed E-state index contributed by atoms with van der Waals surface area (Å²) in [4.78, 5) is 10.9. The van der Waals surface area contributed by atoms with Crippen molar-refractivity contribution in [2.45, 2.75) is 84.8 Å². The Morgan fingerprint density at radius 1 is 1.00 bits per heavy atom. The Morgan fingerprint density at radius 3 is 2.00 bits per heavy atom. The van der Waals surface area contributed by atoms with Gasteiger partial charge in [-0.3, -0.25) is 0 Å². The first kappa shape index (κ1) is 17.2. The molecule has 2 nitrogen and oxygen atoms in total. The van der Waals surface area contributed by atoms with Crippen LogP contribution in [0.3, 0.4) is 0 Å². The molecule has 1 atom stereocenters. The van der Waals surface area contributed by atoms with E-state index in [1.54, 1.807) is 6.92 Å². The SMILES string of the molecule is CC(=O)CC/C=C(\C)CC/C=C(\C)CCC1OC1(C)C. The summed E-state index contributed by atoms with van der Waals surface area (Å²) in [5.74, 6) is 0.273. The number of allylic oxidation sites excluding steroid dienone is 4. The van der Waals surface area contributed by atoms with Crippen LogP contribution in [0.1, 0.15) is 73.1 Å². The van der Waals surface area contributed by atoms with Crippen molar-refractivity contribution in [1.82, 2.24) is 0 Å². The highest BCUT2D eigenvalue weighted by atomic mass is 16.6. The first-order valence-electron chi connectivity index (χ1n) is 7.80. The zero-order valence-electron chi connectivity index (χ0n) is 13.8. The molecule has 1 unspecified atom stereocenters. The lowest BCUT2D eigenvalue weighted by molar-refractivity contribution is -0.116. The van der Waals surface area contributed by atoms with E-state index in [1.165, 1.54) is 11.1 Å². The average Bonchev–Trinajstić information content (AvgIpc) is 2.94. The fourth-order valence-corrected chi connectivity index (χ4v) is 2.37. The van der Waals surface area contributed by atoms with E-state index < -0.39 is 0 Å². The Labute approximate surface area is 124 Å². The van der Waals surface area contributed by atoms with Gasteiger partial charge in [0.05, 0.1) is 11.7 Å². The molecular weight excluding hydrogens is 248 g/mol. The van der Waals surface area contributed by atoms with Crippen LogP contribution in [-0.2, 0) is 9.53 Å². The first-order chi connectivity index (χ1) is 9.31. The summed E-state index contributed by atoms with van der Waals surface area (Å²) < 4.78 is 5.60. The van der Waals surface area contributed by atoms with Crippen LogP contribution < -0.4 is 0 Å². The minimum absolute atomic E-state index is 0.121. The molecule has 0 aromatic rings. The third kappa shape index (κ3) is 7.04. The monoisotopic (exact) mass is 278 g/mol. The zero-order chi connectivity index (χ0) is 15.2. The van der Waals surface area contributed by atoms with Gasteiger partial charge in [0, 0.05) is 6.42 Å². The summed E-state index contributed by atoms with van der Waals surface area (Å²) in [7, 11) is 0. The highest BCUT2D eigenvalue weighted by Crippen LogP contribution is 2.38. The third-order valence-electron chi connectivity index (χ3n) is 3.99. The summed E-state index contributed by atoms with van der Waals surface area (Å²) in [6.45, 7) is 10.3. The average molecular weight is 278 g/mol. The second kappa shape index (κ2) is 7.78. The number of hydrogen-bond acceptors (Lipinski definition) is 2. The van der Waals surface area contributed by atoms with Gasteiger partial charge in [-0.25, -0.2) is 0 Å². The normalized spacial score (nSPS) is 21.9. The lowest BCUT2D eigenvalue weighted by Crippen LogP contribution is -2.02. The van der Waals surface area contributed by atoms with E-state index in [9.17, 15) is 4.79 Å². The van der Waals surface area contributed by atoms with Crippen LogP contribution in [-0.4, -0.2) is 17.5 Å². The van der Waals surface area contributed by atoms with Crippen LogP contribution in [0, 0.1) is 0 Å². The maximum absolute atomic E-state index is 10.9. The molecule has 0 aromatic heterocycles. The van der Waals surface area contributed by atoms with Crippen molar-refractivity contribution < 1.29 is 9.53 Å². The standard InChI is InChI=1S/C18H30O2/c1-14(10-7-11-16(3)19)8-6-9-15(2)12-13-17-18(4,5)20-17/h9-10,17H,6-8,11-13H2,1-5H3/b14-10+,15-9+. The molecule has 1 rings (SSSR count). The van der Waals surface area contributed by atoms with Gasteiger partial charge in [-0.05, 0) is 66.7 Å². The van der Waals surface area contributed by atoms with Crippen molar-refractivity contribution in [2.75, 3.05) is 0 Å². The predicted octanol–water partition coefficient (Wildman–Crippen LogP) is 4.99. The van der Waals surface area contributed by atoms with Crippen LogP contribution in [0.2, 0.25) is 0 Å². The van der Waals surface area contributed by atoms with Crippen molar-refractivity contribution in [1.29, 1.82) is 0 Å². The Hall–Kier alpha value is -0.890. The molecule has 0 spiro atoms. The van der Waals surface area contributed by atoms with E-state index in [2.05, 4.69) is 39.8 Å². The van der Waals surface area contributed by atoms with Crippen LogP contribution in [0.15, 0.2) is 23.3 Å². The van der Waals surface area contributed by atoms with Gasteiger partial charge >= 0.3 is 0 Å². The van der Waals surface area contributed by atoms with Crippen molar-refractivity contribution in [3.05, 3.63) is 23.3 Å². The molecule has 0 saturated carbocycles. The van der Waals surface area contributed by atoms with Crippen LogP contribution in [0.25, 0.3) is 0 Å². The maximum Gasteiger partial charge on any atom is 0.130 e. The molecule has 1 saturated heterocycles. The smallest absolute Gasteiger partial charge is 0.130 e. The lowest BCUT2D eigenvalue weighted by Gasteiger charge is -2.02. The highest BCUT2D eigenvalue weighted by molar-refractivity contribution is 5.75. The summed E-state index contributed by atoms with van der Waals surface area (Å²) in [5, 5.41) is 0. The van der Waals surface area contributed by atoms with Gasteiger partial charge in [0.1, 0.15) is 5.78 Å². The van der Waals surface area contributed by atoms with Gasteiger partial charge in [-0.1, -0.05) is 23.3 Å². The van der Waals surface area contributed by atoms with E-state index in [-0.39, 0.29) is 11.4 Å². The van der Waals surface area contributed by atoms with Crippen LogP contribution in [0.5, 0.6) is 0 Å². The molecule has 1 aliphatic heterocycles. The van der Waals surface area contributed by atoms with Crippen molar-refractivity contribution in [2.24, 2.45) is 0 Å². The molecule has 0 N–H and O–H groups in total. The fraction of sp³-hybridized carbons (Fsp3) is 0.722. The van der Waals surface area contributed by atoms with Gasteiger partial charge in [-0.15, -0.1) is 0 Å². The Bertz CT molecular complexity index is 388. The number of ketones is 1. The van der Waals surface area contributed by atoms with E-state index in [0.717, 1.165) is 32.1 Å². The van der Waals surface area contributed by atoms with Crippen LogP contribution >= 0.6 is 0 Å². The second-order valence-electron chi connectivity index (χ2n) is 6.63. The second-order valence-corrected chi connectivity index (χ2v) is 6.63. The molecule has 20 heavy (non-hydrogen) atoms. The summed E-state index contributed by atoms with van der Waals surface area (Å²) in [5.41, 5.74) is 2.98. The number of rotatable bonds is 9. The van der Waals surface area contributed by atoms with Crippen LogP contribution in [0.4, 0.5) is 0 Å². The number of carbonyl (C=O) groups excluding carboxylic acids is 1. The molecule has 1 heterocycles. The maximum atomic E-state index is 10.9. The summed E-state index contributed by atoms with van der Waals surface area (Å²) >= 11 is 0. The van der Waals surface area contributed by atoms with Gasteiger partial charge in [0.2, 0.25) is 0 Å². The van der Waals surface area contributed by atoms with E-state index in [0.29, 0.717) is 12.5 Å². The number of Topliss-reactive ketones (excluding diaryl/α,β-unsaturated/α-hetero) is 1. The first-order valence-corrected chi connectivity index (χ1v) is 7.80. The molecule has 0 amide bonds. The fourth-order valence-electron chi connectivity index (χ4n) is 2.37. The quantitative estimate of drug-likeness (QED) is 0.439. The lowest BCUT2D eigenvalue weighted by atomic mass is 10.0. The number of hydrogen-bond donors (Lipinski definition) is 0. The third-order valence-corrected chi connectivity index (χ3v) is 3.99.